The van der Waals surface area contributed by atoms with Crippen LogP contribution in [0.3, 0.4) is 0 Å². The smallest absolute Gasteiger partial charge is 0.0835 e. The molecule has 2 N–H and O–H groups in total. The van der Waals surface area contributed by atoms with Gasteiger partial charge >= 0.3 is 0 Å². The summed E-state index contributed by atoms with van der Waals surface area (Å²) in [5.41, 5.74) is 6.18. The first-order valence-electron chi connectivity index (χ1n) is 6.25. The van der Waals surface area contributed by atoms with Gasteiger partial charge in [-0.2, -0.15) is 0 Å². The number of hydrogen-bond acceptors (Lipinski definition) is 2. The van der Waals surface area contributed by atoms with Crippen molar-refractivity contribution in [2.45, 2.75) is 63.5 Å². The fourth-order valence-electron chi connectivity index (χ4n) is 2.63. The van der Waals surface area contributed by atoms with Crippen molar-refractivity contribution in [3.8, 4) is 0 Å². The van der Waals surface area contributed by atoms with Crippen LogP contribution >= 0.6 is 0 Å². The first kappa shape index (κ1) is 12.7. The van der Waals surface area contributed by atoms with E-state index in [0.29, 0.717) is 0 Å². The predicted molar refractivity (Wildman–Crippen MR) is 64.8 cm³/mol. The normalized spacial score (nSPS) is 23.1. The van der Waals surface area contributed by atoms with Gasteiger partial charge in [0.05, 0.1) is 5.60 Å². The van der Waals surface area contributed by atoms with Crippen LogP contribution in [0.4, 0.5) is 0 Å². The van der Waals surface area contributed by atoms with Crippen molar-refractivity contribution < 1.29 is 4.74 Å². The van der Waals surface area contributed by atoms with Crippen molar-refractivity contribution in [1.82, 2.24) is 0 Å². The second-order valence-corrected chi connectivity index (χ2v) is 4.54. The first-order chi connectivity index (χ1) is 7.25. The number of ether oxygens (including phenoxy) is 1. The maximum absolute atomic E-state index is 6.25. The molecular weight excluding hydrogens is 186 g/mol. The summed E-state index contributed by atoms with van der Waals surface area (Å²) in [5, 5.41) is 0. The molecule has 1 aliphatic rings. The molecule has 0 aliphatic heterocycles. The minimum atomic E-state index is -0.0700. The Morgan fingerprint density at radius 2 is 1.93 bits per heavy atom. The molecule has 0 bridgehead atoms. The molecule has 1 rings (SSSR count). The lowest BCUT2D eigenvalue weighted by molar-refractivity contribution is -0.0678. The lowest BCUT2D eigenvalue weighted by atomic mass is 9.85. The third-order valence-corrected chi connectivity index (χ3v) is 3.48. The van der Waals surface area contributed by atoms with Crippen LogP contribution in [0.2, 0.25) is 0 Å². The monoisotopic (exact) mass is 211 g/mol. The molecule has 0 amide bonds. The highest BCUT2D eigenvalue weighted by Crippen LogP contribution is 2.33. The highest BCUT2D eigenvalue weighted by atomic mass is 16.5. The topological polar surface area (TPSA) is 35.2 Å². The average molecular weight is 211 g/mol. The molecule has 1 atom stereocenters. The van der Waals surface area contributed by atoms with Gasteiger partial charge in [-0.1, -0.05) is 31.8 Å². The van der Waals surface area contributed by atoms with Crippen molar-refractivity contribution >= 4 is 0 Å². The molecule has 88 valence electrons. The van der Waals surface area contributed by atoms with Gasteiger partial charge < -0.3 is 10.5 Å². The summed E-state index contributed by atoms with van der Waals surface area (Å²) < 4.78 is 5.99. The van der Waals surface area contributed by atoms with Gasteiger partial charge in [-0.3, -0.25) is 0 Å². The van der Waals surface area contributed by atoms with Crippen LogP contribution in [0.5, 0.6) is 0 Å². The van der Waals surface area contributed by atoms with Crippen LogP contribution in [0.1, 0.15) is 51.9 Å². The Morgan fingerprint density at radius 1 is 1.33 bits per heavy atom. The third kappa shape index (κ3) is 3.32. The summed E-state index contributed by atoms with van der Waals surface area (Å²) in [6.07, 6.45) is 10.2. The van der Waals surface area contributed by atoms with Gasteiger partial charge in [0.15, 0.2) is 0 Å². The van der Waals surface area contributed by atoms with Gasteiger partial charge in [0.2, 0.25) is 0 Å². The number of rotatable bonds is 5. The SMILES string of the molecule is C=CCC(N)C1(OCC)CCCCCC1. The van der Waals surface area contributed by atoms with E-state index >= 15 is 0 Å². The van der Waals surface area contributed by atoms with E-state index in [1.165, 1.54) is 25.7 Å². The van der Waals surface area contributed by atoms with Crippen molar-refractivity contribution in [1.29, 1.82) is 0 Å². The second-order valence-electron chi connectivity index (χ2n) is 4.54. The standard InChI is InChI=1S/C13H25NO/c1-3-9-12(14)13(15-4-2)10-7-5-6-8-11-13/h3,12H,1,4-11,14H2,2H3. The van der Waals surface area contributed by atoms with Crippen molar-refractivity contribution in [3.05, 3.63) is 12.7 Å². The second kappa shape index (κ2) is 6.29. The van der Waals surface area contributed by atoms with Crippen LogP contribution < -0.4 is 5.73 Å². The molecule has 0 heterocycles. The van der Waals surface area contributed by atoms with Crippen LogP contribution in [0.25, 0.3) is 0 Å². The maximum atomic E-state index is 6.25. The zero-order valence-electron chi connectivity index (χ0n) is 10.0. The molecule has 1 fully saturated rings. The van der Waals surface area contributed by atoms with E-state index < -0.39 is 0 Å². The third-order valence-electron chi connectivity index (χ3n) is 3.48. The molecule has 1 saturated carbocycles. The molecule has 0 aromatic heterocycles. The molecule has 0 spiro atoms. The highest BCUT2D eigenvalue weighted by Gasteiger charge is 2.36. The molecule has 2 heteroatoms. The molecule has 0 aromatic rings. The lowest BCUT2D eigenvalue weighted by Crippen LogP contribution is -2.49. The van der Waals surface area contributed by atoms with E-state index in [2.05, 4.69) is 13.5 Å². The zero-order valence-corrected chi connectivity index (χ0v) is 10.0. The largest absolute Gasteiger partial charge is 0.374 e. The maximum Gasteiger partial charge on any atom is 0.0835 e. The van der Waals surface area contributed by atoms with Crippen molar-refractivity contribution in [2.24, 2.45) is 5.73 Å². The van der Waals surface area contributed by atoms with Gasteiger partial charge in [-0.05, 0) is 26.2 Å². The number of hydrogen-bond donors (Lipinski definition) is 1. The Hall–Kier alpha value is -0.340. The molecule has 2 nitrogen and oxygen atoms in total. The van der Waals surface area contributed by atoms with Gasteiger partial charge in [-0.25, -0.2) is 0 Å². The van der Waals surface area contributed by atoms with E-state index in [9.17, 15) is 0 Å². The fraction of sp³-hybridized carbons (Fsp3) is 0.846. The first-order valence-corrected chi connectivity index (χ1v) is 6.25. The van der Waals surface area contributed by atoms with Gasteiger partial charge in [0, 0.05) is 12.6 Å². The summed E-state index contributed by atoms with van der Waals surface area (Å²) in [6, 6.07) is 0.119. The van der Waals surface area contributed by atoms with Gasteiger partial charge in [0.1, 0.15) is 0 Å². The molecule has 1 aliphatic carbocycles. The Morgan fingerprint density at radius 3 is 2.40 bits per heavy atom. The Labute approximate surface area is 93.9 Å². The molecule has 0 saturated heterocycles. The Bertz CT molecular complexity index is 183. The lowest BCUT2D eigenvalue weighted by Gasteiger charge is -2.37. The van der Waals surface area contributed by atoms with Crippen molar-refractivity contribution in [2.75, 3.05) is 6.61 Å². The van der Waals surface area contributed by atoms with Gasteiger partial charge in [-0.15, -0.1) is 6.58 Å². The van der Waals surface area contributed by atoms with E-state index in [4.69, 9.17) is 10.5 Å². The van der Waals surface area contributed by atoms with Gasteiger partial charge in [0.25, 0.3) is 0 Å². The molecule has 0 radical (unpaired) electrons. The summed E-state index contributed by atoms with van der Waals surface area (Å²) >= 11 is 0. The minimum absolute atomic E-state index is 0.0700. The van der Waals surface area contributed by atoms with E-state index in [1.54, 1.807) is 0 Å². The average Bonchev–Trinajstić information content (AvgIpc) is 2.45. The fourth-order valence-corrected chi connectivity index (χ4v) is 2.63. The molecule has 0 aromatic carbocycles. The Balaban J connectivity index is 2.69. The van der Waals surface area contributed by atoms with E-state index in [1.807, 2.05) is 6.08 Å². The number of nitrogens with two attached hydrogens (primary N) is 1. The predicted octanol–water partition coefficient (Wildman–Crippen LogP) is 3.02. The van der Waals surface area contributed by atoms with Crippen LogP contribution in [0, 0.1) is 0 Å². The van der Waals surface area contributed by atoms with Crippen molar-refractivity contribution in [3.63, 3.8) is 0 Å². The summed E-state index contributed by atoms with van der Waals surface area (Å²) in [7, 11) is 0. The van der Waals surface area contributed by atoms with Crippen LogP contribution in [-0.2, 0) is 4.74 Å². The summed E-state index contributed by atoms with van der Waals surface area (Å²) in [6.45, 7) is 6.61. The summed E-state index contributed by atoms with van der Waals surface area (Å²) in [4.78, 5) is 0. The zero-order chi connectivity index (χ0) is 11.1. The van der Waals surface area contributed by atoms with Crippen LogP contribution in [0.15, 0.2) is 12.7 Å². The quantitative estimate of drug-likeness (QED) is 0.560. The molecule has 1 unspecified atom stereocenters. The van der Waals surface area contributed by atoms with E-state index in [-0.39, 0.29) is 11.6 Å². The highest BCUT2D eigenvalue weighted by molar-refractivity contribution is 4.95. The minimum Gasteiger partial charge on any atom is -0.374 e. The van der Waals surface area contributed by atoms with E-state index in [0.717, 1.165) is 25.9 Å². The van der Waals surface area contributed by atoms with Crippen LogP contribution in [-0.4, -0.2) is 18.2 Å². The Kier molecular flexibility index (Phi) is 5.34. The summed E-state index contributed by atoms with van der Waals surface area (Å²) in [5.74, 6) is 0. The molecular formula is C13H25NO. The molecule has 15 heavy (non-hydrogen) atoms.